The average Bonchev–Trinajstić information content (AvgIpc) is 2.41. The van der Waals surface area contributed by atoms with Crippen molar-refractivity contribution in [2.24, 2.45) is 0 Å². The molecule has 0 radical (unpaired) electrons. The van der Waals surface area contributed by atoms with E-state index in [2.05, 4.69) is 5.32 Å². The molecule has 3 nitrogen and oxygen atoms in total. The van der Waals surface area contributed by atoms with E-state index in [1.54, 1.807) is 24.3 Å². The first-order valence-corrected chi connectivity index (χ1v) is 5.89. The van der Waals surface area contributed by atoms with E-state index in [0.29, 0.717) is 11.3 Å². The maximum atomic E-state index is 12.1. The first kappa shape index (κ1) is 12.2. The van der Waals surface area contributed by atoms with Crippen LogP contribution < -0.4 is 5.32 Å². The smallest absolute Gasteiger partial charge is 0.255 e. The summed E-state index contributed by atoms with van der Waals surface area (Å²) < 4.78 is 0. The standard InChI is InChI=1S/C15H15NO2/c1-2-11-5-3-4-6-14(11)15(18)16-12-7-9-13(17)10-8-12/h3-10,17H,2H2,1H3,(H,16,18). The van der Waals surface area contributed by atoms with Crippen LogP contribution in [0.5, 0.6) is 5.75 Å². The van der Waals surface area contributed by atoms with E-state index >= 15 is 0 Å². The Kier molecular flexibility index (Phi) is 3.63. The quantitative estimate of drug-likeness (QED) is 0.811. The van der Waals surface area contributed by atoms with E-state index in [4.69, 9.17) is 0 Å². The zero-order chi connectivity index (χ0) is 13.0. The molecule has 0 bridgehead atoms. The van der Waals surface area contributed by atoms with Crippen molar-refractivity contribution in [1.29, 1.82) is 0 Å². The summed E-state index contributed by atoms with van der Waals surface area (Å²) in [4.78, 5) is 12.1. The summed E-state index contributed by atoms with van der Waals surface area (Å²) in [6.07, 6.45) is 0.819. The van der Waals surface area contributed by atoms with Gasteiger partial charge in [0.05, 0.1) is 0 Å². The van der Waals surface area contributed by atoms with Crippen molar-refractivity contribution >= 4 is 11.6 Å². The summed E-state index contributed by atoms with van der Waals surface area (Å²) in [5.41, 5.74) is 2.38. The molecule has 0 unspecified atom stereocenters. The molecular formula is C15H15NO2. The molecule has 2 N–H and O–H groups in total. The lowest BCUT2D eigenvalue weighted by Crippen LogP contribution is -2.13. The van der Waals surface area contributed by atoms with Crippen molar-refractivity contribution in [3.05, 3.63) is 59.7 Å². The van der Waals surface area contributed by atoms with Gasteiger partial charge in [-0.05, 0) is 42.3 Å². The Labute approximate surface area is 106 Å². The topological polar surface area (TPSA) is 49.3 Å². The Morgan fingerprint density at radius 2 is 1.78 bits per heavy atom. The fourth-order valence-electron chi connectivity index (χ4n) is 1.79. The summed E-state index contributed by atoms with van der Waals surface area (Å²) in [5.74, 6) is 0.0556. The van der Waals surface area contributed by atoms with E-state index < -0.39 is 0 Å². The number of phenols is 1. The Morgan fingerprint density at radius 1 is 1.11 bits per heavy atom. The minimum absolute atomic E-state index is 0.127. The normalized spacial score (nSPS) is 10.1. The number of anilines is 1. The number of hydrogen-bond acceptors (Lipinski definition) is 2. The van der Waals surface area contributed by atoms with Crippen LogP contribution in [-0.2, 0) is 6.42 Å². The molecule has 2 aromatic carbocycles. The van der Waals surface area contributed by atoms with Gasteiger partial charge in [0.25, 0.3) is 5.91 Å². The highest BCUT2D eigenvalue weighted by atomic mass is 16.3. The van der Waals surface area contributed by atoms with Gasteiger partial charge in [-0.15, -0.1) is 0 Å². The lowest BCUT2D eigenvalue weighted by atomic mass is 10.0. The van der Waals surface area contributed by atoms with Crippen LogP contribution in [-0.4, -0.2) is 11.0 Å². The Bertz CT molecular complexity index is 547. The molecule has 92 valence electrons. The predicted molar refractivity (Wildman–Crippen MR) is 71.9 cm³/mol. The van der Waals surface area contributed by atoms with Crippen LogP contribution in [0.25, 0.3) is 0 Å². The second-order valence-corrected chi connectivity index (χ2v) is 4.01. The number of benzene rings is 2. The van der Waals surface area contributed by atoms with Gasteiger partial charge in [-0.1, -0.05) is 25.1 Å². The highest BCUT2D eigenvalue weighted by molar-refractivity contribution is 6.05. The number of phenolic OH excluding ortho intramolecular Hbond substituents is 1. The second kappa shape index (κ2) is 5.36. The average molecular weight is 241 g/mol. The maximum absolute atomic E-state index is 12.1. The summed E-state index contributed by atoms with van der Waals surface area (Å²) >= 11 is 0. The fraction of sp³-hybridized carbons (Fsp3) is 0.133. The number of hydrogen-bond donors (Lipinski definition) is 2. The molecule has 0 aliphatic carbocycles. The molecule has 1 amide bonds. The van der Waals surface area contributed by atoms with Gasteiger partial charge in [-0.3, -0.25) is 4.79 Å². The van der Waals surface area contributed by atoms with Gasteiger partial charge < -0.3 is 10.4 Å². The summed E-state index contributed by atoms with van der Waals surface area (Å²) in [6.45, 7) is 2.02. The molecule has 0 saturated heterocycles. The van der Waals surface area contributed by atoms with Crippen LogP contribution >= 0.6 is 0 Å². The van der Waals surface area contributed by atoms with Gasteiger partial charge in [0.15, 0.2) is 0 Å². The van der Waals surface area contributed by atoms with E-state index in [-0.39, 0.29) is 11.7 Å². The predicted octanol–water partition coefficient (Wildman–Crippen LogP) is 3.21. The molecule has 2 aromatic rings. The van der Waals surface area contributed by atoms with Crippen LogP contribution in [0.1, 0.15) is 22.8 Å². The molecule has 0 aromatic heterocycles. The van der Waals surface area contributed by atoms with Gasteiger partial charge in [0, 0.05) is 11.3 Å². The molecule has 0 saturated carbocycles. The van der Waals surface area contributed by atoms with Crippen molar-refractivity contribution in [2.75, 3.05) is 5.32 Å². The Morgan fingerprint density at radius 3 is 2.44 bits per heavy atom. The van der Waals surface area contributed by atoms with Crippen LogP contribution in [0, 0.1) is 0 Å². The SMILES string of the molecule is CCc1ccccc1C(=O)Nc1ccc(O)cc1. The Balaban J connectivity index is 2.19. The van der Waals surface area contributed by atoms with Crippen LogP contribution in [0.4, 0.5) is 5.69 Å². The molecule has 0 fully saturated rings. The minimum Gasteiger partial charge on any atom is -0.508 e. The first-order chi connectivity index (χ1) is 8.70. The van der Waals surface area contributed by atoms with Gasteiger partial charge in [0.2, 0.25) is 0 Å². The van der Waals surface area contributed by atoms with Crippen molar-refractivity contribution < 1.29 is 9.90 Å². The van der Waals surface area contributed by atoms with Crippen LogP contribution in [0.2, 0.25) is 0 Å². The minimum atomic E-state index is -0.127. The fourth-order valence-corrected chi connectivity index (χ4v) is 1.79. The Hall–Kier alpha value is -2.29. The van der Waals surface area contributed by atoms with Crippen LogP contribution in [0.15, 0.2) is 48.5 Å². The van der Waals surface area contributed by atoms with E-state index in [1.807, 2.05) is 31.2 Å². The lowest BCUT2D eigenvalue weighted by Gasteiger charge is -2.08. The highest BCUT2D eigenvalue weighted by Crippen LogP contribution is 2.16. The summed E-state index contributed by atoms with van der Waals surface area (Å²) in [5, 5.41) is 12.0. The molecule has 0 atom stereocenters. The molecule has 0 aliphatic heterocycles. The largest absolute Gasteiger partial charge is 0.508 e. The molecule has 0 aliphatic rings. The van der Waals surface area contributed by atoms with Gasteiger partial charge in [0.1, 0.15) is 5.75 Å². The molecular weight excluding hydrogens is 226 g/mol. The first-order valence-electron chi connectivity index (χ1n) is 5.89. The molecule has 0 spiro atoms. The molecule has 2 rings (SSSR count). The zero-order valence-corrected chi connectivity index (χ0v) is 10.2. The van der Waals surface area contributed by atoms with Gasteiger partial charge in [-0.25, -0.2) is 0 Å². The number of nitrogens with one attached hydrogen (secondary N) is 1. The van der Waals surface area contributed by atoms with E-state index in [9.17, 15) is 9.90 Å². The third-order valence-corrected chi connectivity index (χ3v) is 2.77. The van der Waals surface area contributed by atoms with Crippen molar-refractivity contribution in [3.8, 4) is 5.75 Å². The van der Waals surface area contributed by atoms with Crippen molar-refractivity contribution in [3.63, 3.8) is 0 Å². The lowest BCUT2D eigenvalue weighted by molar-refractivity contribution is 0.102. The zero-order valence-electron chi connectivity index (χ0n) is 10.2. The maximum Gasteiger partial charge on any atom is 0.255 e. The molecule has 0 heterocycles. The van der Waals surface area contributed by atoms with Crippen molar-refractivity contribution in [1.82, 2.24) is 0 Å². The number of carbonyl (C=O) groups excluding carboxylic acids is 1. The van der Waals surface area contributed by atoms with E-state index in [1.165, 1.54) is 0 Å². The highest BCUT2D eigenvalue weighted by Gasteiger charge is 2.09. The van der Waals surface area contributed by atoms with Gasteiger partial charge in [-0.2, -0.15) is 0 Å². The van der Waals surface area contributed by atoms with Crippen molar-refractivity contribution in [2.45, 2.75) is 13.3 Å². The van der Waals surface area contributed by atoms with E-state index in [0.717, 1.165) is 12.0 Å². The molecule has 18 heavy (non-hydrogen) atoms. The number of aryl methyl sites for hydroxylation is 1. The summed E-state index contributed by atoms with van der Waals surface area (Å²) in [7, 11) is 0. The molecule has 3 heteroatoms. The third kappa shape index (κ3) is 2.69. The van der Waals surface area contributed by atoms with Crippen LogP contribution in [0.3, 0.4) is 0 Å². The monoisotopic (exact) mass is 241 g/mol. The third-order valence-electron chi connectivity index (χ3n) is 2.77. The number of rotatable bonds is 3. The summed E-state index contributed by atoms with van der Waals surface area (Å²) in [6, 6.07) is 14.0. The number of aromatic hydroxyl groups is 1. The number of amides is 1. The van der Waals surface area contributed by atoms with Gasteiger partial charge >= 0.3 is 0 Å². The number of carbonyl (C=O) groups is 1. The second-order valence-electron chi connectivity index (χ2n) is 4.01.